The Labute approximate surface area is 192 Å². The van der Waals surface area contributed by atoms with Crippen LogP contribution in [0.3, 0.4) is 0 Å². The van der Waals surface area contributed by atoms with Crippen LogP contribution in [-0.2, 0) is 5.41 Å². The van der Waals surface area contributed by atoms with Crippen LogP contribution in [0, 0.1) is 0 Å². The fourth-order valence-electron chi connectivity index (χ4n) is 5.69. The van der Waals surface area contributed by atoms with Gasteiger partial charge in [0.25, 0.3) is 5.91 Å². The Hall–Kier alpha value is -2.69. The average Bonchev–Trinajstić information content (AvgIpc) is 3.53. The number of hydrogen-bond acceptors (Lipinski definition) is 3. The van der Waals surface area contributed by atoms with E-state index in [0.717, 1.165) is 12.0 Å². The highest BCUT2D eigenvalue weighted by Crippen LogP contribution is 2.52. The molecule has 1 amide bonds. The van der Waals surface area contributed by atoms with Gasteiger partial charge in [-0.3, -0.25) is 4.79 Å². The molecule has 2 atom stereocenters. The van der Waals surface area contributed by atoms with Crippen LogP contribution in [-0.4, -0.2) is 34.0 Å². The number of carbonyl (C=O) groups is 1. The van der Waals surface area contributed by atoms with Crippen molar-refractivity contribution in [2.75, 3.05) is 13.1 Å². The Kier molecular flexibility index (Phi) is 4.63. The molecule has 0 radical (unpaired) electrons. The lowest BCUT2D eigenvalue weighted by Crippen LogP contribution is -2.33. The van der Waals surface area contributed by atoms with E-state index in [1.807, 2.05) is 4.90 Å². The monoisotopic (exact) mass is 444 g/mol. The second-order valence-corrected chi connectivity index (χ2v) is 9.94. The molecule has 1 saturated heterocycles. The fourth-order valence-corrected chi connectivity index (χ4v) is 5.80. The van der Waals surface area contributed by atoms with Gasteiger partial charge in [0.2, 0.25) is 0 Å². The van der Waals surface area contributed by atoms with Crippen molar-refractivity contribution in [2.24, 2.45) is 0 Å². The second-order valence-electron chi connectivity index (χ2n) is 9.50. The maximum absolute atomic E-state index is 13.0. The molecule has 4 nitrogen and oxygen atoms in total. The van der Waals surface area contributed by atoms with E-state index in [4.69, 9.17) is 11.6 Å². The van der Waals surface area contributed by atoms with E-state index in [1.165, 1.54) is 41.3 Å². The van der Waals surface area contributed by atoms with Gasteiger partial charge in [-0.25, -0.2) is 4.98 Å². The first kappa shape index (κ1) is 20.0. The van der Waals surface area contributed by atoms with Gasteiger partial charge in [-0.1, -0.05) is 48.0 Å². The van der Waals surface area contributed by atoms with Crippen LogP contribution in [0.5, 0.6) is 0 Å². The van der Waals surface area contributed by atoms with Gasteiger partial charge in [0.05, 0.1) is 11.1 Å². The third kappa shape index (κ3) is 3.25. The Balaban J connectivity index is 1.30. The van der Waals surface area contributed by atoms with E-state index in [2.05, 4.69) is 47.4 Å². The first-order valence-electron chi connectivity index (χ1n) is 11.4. The molecule has 162 valence electrons. The van der Waals surface area contributed by atoms with E-state index in [9.17, 15) is 9.90 Å². The predicted octanol–water partition coefficient (Wildman–Crippen LogP) is 5.50. The molecule has 3 aromatic rings. The number of nitrogens with zero attached hydrogens (tertiary/aromatic N) is 2. The van der Waals surface area contributed by atoms with Crippen LogP contribution in [0.4, 0.5) is 0 Å². The van der Waals surface area contributed by atoms with Crippen molar-refractivity contribution in [3.63, 3.8) is 0 Å². The molecule has 1 saturated carbocycles. The van der Waals surface area contributed by atoms with Gasteiger partial charge in [0, 0.05) is 24.7 Å². The number of benzene rings is 2. The molecule has 2 unspecified atom stereocenters. The molecule has 1 spiro atoms. The zero-order chi connectivity index (χ0) is 21.9. The number of halogens is 1. The number of amides is 1. The van der Waals surface area contributed by atoms with E-state index >= 15 is 0 Å². The number of pyridine rings is 1. The number of aromatic nitrogens is 1. The lowest BCUT2D eigenvalue weighted by atomic mass is 9.80. The van der Waals surface area contributed by atoms with E-state index in [0.29, 0.717) is 36.1 Å². The summed E-state index contributed by atoms with van der Waals surface area (Å²) in [7, 11) is 0. The van der Waals surface area contributed by atoms with Crippen LogP contribution < -0.4 is 0 Å². The number of likely N-dealkylation sites (tertiary alicyclic amines) is 1. The molecule has 2 fully saturated rings. The topological polar surface area (TPSA) is 53.4 Å². The maximum Gasteiger partial charge on any atom is 0.272 e. The minimum absolute atomic E-state index is 0.0727. The Morgan fingerprint density at radius 2 is 1.94 bits per heavy atom. The highest BCUT2D eigenvalue weighted by molar-refractivity contribution is 6.30. The number of aliphatic hydroxyl groups excluding tert-OH is 1. The van der Waals surface area contributed by atoms with Crippen molar-refractivity contribution < 1.29 is 9.90 Å². The van der Waals surface area contributed by atoms with E-state index in [-0.39, 0.29) is 11.3 Å². The highest BCUT2D eigenvalue weighted by Gasteiger charge is 2.48. The normalized spacial score (nSPS) is 24.2. The summed E-state index contributed by atoms with van der Waals surface area (Å²) in [5, 5.41) is 11.5. The zero-order valence-corrected chi connectivity index (χ0v) is 18.6. The highest BCUT2D eigenvalue weighted by atomic mass is 35.5. The lowest BCUT2D eigenvalue weighted by Gasteiger charge is -2.25. The predicted molar refractivity (Wildman–Crippen MR) is 125 cm³/mol. The summed E-state index contributed by atoms with van der Waals surface area (Å²) < 4.78 is 0. The fraction of sp³-hybridized carbons (Fsp3) is 0.333. The second kappa shape index (κ2) is 7.43. The number of rotatable bonds is 3. The van der Waals surface area contributed by atoms with Gasteiger partial charge in [-0.15, -0.1) is 0 Å². The molecule has 5 heteroatoms. The summed E-state index contributed by atoms with van der Waals surface area (Å²) in [6, 6.07) is 18.6. The van der Waals surface area contributed by atoms with Crippen LogP contribution in [0.25, 0.3) is 11.1 Å². The van der Waals surface area contributed by atoms with Gasteiger partial charge in [0.15, 0.2) is 0 Å². The van der Waals surface area contributed by atoms with Crippen molar-refractivity contribution in [3.05, 3.63) is 88.2 Å². The Bertz CT molecular complexity index is 1200. The Morgan fingerprint density at radius 3 is 2.72 bits per heavy atom. The number of fused-ring (bicyclic) bond motifs is 2. The SMILES string of the molecule is O=C(c1ccc(Cl)cn1)N1CCC2(CC(O)c3cc(-c4ccccc4C4CC4)ccc32)C1. The van der Waals surface area contributed by atoms with Crippen LogP contribution in [0.1, 0.15) is 64.9 Å². The largest absolute Gasteiger partial charge is 0.388 e. The number of hydrogen-bond donors (Lipinski definition) is 1. The van der Waals surface area contributed by atoms with Crippen molar-refractivity contribution in [2.45, 2.75) is 43.1 Å². The van der Waals surface area contributed by atoms with Crippen molar-refractivity contribution in [1.82, 2.24) is 9.88 Å². The molecular formula is C27H25ClN2O2. The molecule has 1 aliphatic heterocycles. The van der Waals surface area contributed by atoms with Crippen molar-refractivity contribution in [1.29, 1.82) is 0 Å². The molecule has 32 heavy (non-hydrogen) atoms. The molecule has 3 aliphatic rings. The molecule has 2 heterocycles. The summed E-state index contributed by atoms with van der Waals surface area (Å²) in [6.07, 6.45) is 5.06. The smallest absolute Gasteiger partial charge is 0.272 e. The van der Waals surface area contributed by atoms with E-state index < -0.39 is 6.10 Å². The zero-order valence-electron chi connectivity index (χ0n) is 17.8. The molecule has 1 aromatic heterocycles. The first-order valence-corrected chi connectivity index (χ1v) is 11.7. The third-order valence-corrected chi connectivity index (χ3v) is 7.67. The number of aliphatic hydroxyl groups is 1. The van der Waals surface area contributed by atoms with Crippen molar-refractivity contribution in [3.8, 4) is 11.1 Å². The molecule has 6 rings (SSSR count). The molecule has 2 aliphatic carbocycles. The Morgan fingerprint density at radius 1 is 1.09 bits per heavy atom. The minimum atomic E-state index is -0.498. The standard InChI is InChI=1S/C27H25ClN2O2/c28-19-8-10-24(29-15-19)26(32)30-12-11-27(16-30)14-25(31)22-13-18(7-9-23(22)27)21-4-2-1-3-20(21)17-5-6-17/h1-4,7-10,13,15,17,25,31H,5-6,11-12,14,16H2. The van der Waals surface area contributed by atoms with Crippen LogP contribution in [0.15, 0.2) is 60.8 Å². The first-order chi connectivity index (χ1) is 15.5. The van der Waals surface area contributed by atoms with Gasteiger partial charge in [-0.05, 0) is 77.6 Å². The quantitative estimate of drug-likeness (QED) is 0.580. The molecule has 2 aromatic carbocycles. The third-order valence-electron chi connectivity index (χ3n) is 7.44. The number of carbonyl (C=O) groups excluding carboxylic acids is 1. The average molecular weight is 445 g/mol. The maximum atomic E-state index is 13.0. The molecule has 1 N–H and O–H groups in total. The summed E-state index contributed by atoms with van der Waals surface area (Å²) in [5.41, 5.74) is 6.32. The summed E-state index contributed by atoms with van der Waals surface area (Å²) in [4.78, 5) is 19.1. The summed E-state index contributed by atoms with van der Waals surface area (Å²) in [6.45, 7) is 1.28. The van der Waals surface area contributed by atoms with Gasteiger partial charge in [-0.2, -0.15) is 0 Å². The lowest BCUT2D eigenvalue weighted by molar-refractivity contribution is 0.0770. The summed E-state index contributed by atoms with van der Waals surface area (Å²) >= 11 is 5.92. The van der Waals surface area contributed by atoms with Gasteiger partial charge < -0.3 is 10.0 Å². The van der Waals surface area contributed by atoms with Gasteiger partial charge in [0.1, 0.15) is 5.69 Å². The minimum Gasteiger partial charge on any atom is -0.388 e. The molecule has 0 bridgehead atoms. The van der Waals surface area contributed by atoms with Crippen LogP contribution in [0.2, 0.25) is 5.02 Å². The van der Waals surface area contributed by atoms with E-state index in [1.54, 1.807) is 12.1 Å². The van der Waals surface area contributed by atoms with Gasteiger partial charge >= 0.3 is 0 Å². The summed E-state index contributed by atoms with van der Waals surface area (Å²) in [5.74, 6) is 0.600. The van der Waals surface area contributed by atoms with Crippen LogP contribution >= 0.6 is 11.6 Å². The molecular weight excluding hydrogens is 420 g/mol. The van der Waals surface area contributed by atoms with Crippen molar-refractivity contribution >= 4 is 17.5 Å².